The fourth-order valence-corrected chi connectivity index (χ4v) is 2.34. The topological polar surface area (TPSA) is 58.1 Å². The number of rotatable bonds is 5. The van der Waals surface area contributed by atoms with Crippen LogP contribution in [0.4, 0.5) is 0 Å². The Morgan fingerprint density at radius 3 is 2.89 bits per heavy atom. The molecule has 1 fully saturated rings. The van der Waals surface area contributed by atoms with Gasteiger partial charge < -0.3 is 5.32 Å². The summed E-state index contributed by atoms with van der Waals surface area (Å²) in [5, 5.41) is 3.35. The van der Waals surface area contributed by atoms with E-state index >= 15 is 0 Å². The number of likely N-dealkylation sites (N-methyl/N-ethyl adjacent to an activating group) is 1. The van der Waals surface area contributed by atoms with Gasteiger partial charge in [-0.15, -0.1) is 0 Å². The molecule has 1 aliphatic rings. The van der Waals surface area contributed by atoms with Crippen molar-refractivity contribution >= 4 is 5.78 Å². The molecule has 98 valence electrons. The van der Waals surface area contributed by atoms with Crippen LogP contribution in [0.3, 0.4) is 0 Å². The molecule has 0 amide bonds. The van der Waals surface area contributed by atoms with Gasteiger partial charge in [0.1, 0.15) is 5.69 Å². The van der Waals surface area contributed by atoms with Crippen LogP contribution in [-0.2, 0) is 0 Å². The van der Waals surface area contributed by atoms with E-state index in [0.29, 0.717) is 18.2 Å². The van der Waals surface area contributed by atoms with E-state index in [4.69, 9.17) is 0 Å². The third-order valence-electron chi connectivity index (χ3n) is 3.29. The van der Waals surface area contributed by atoms with Crippen molar-refractivity contribution in [1.29, 1.82) is 0 Å². The second-order valence-electron chi connectivity index (χ2n) is 4.90. The third kappa shape index (κ3) is 3.85. The van der Waals surface area contributed by atoms with E-state index < -0.39 is 0 Å². The summed E-state index contributed by atoms with van der Waals surface area (Å²) in [7, 11) is 2.00. The van der Waals surface area contributed by atoms with Gasteiger partial charge in [-0.05, 0) is 38.9 Å². The van der Waals surface area contributed by atoms with Gasteiger partial charge >= 0.3 is 0 Å². The lowest BCUT2D eigenvalue weighted by Crippen LogP contribution is -2.36. The van der Waals surface area contributed by atoms with Gasteiger partial charge in [0, 0.05) is 18.9 Å². The molecule has 5 heteroatoms. The maximum Gasteiger partial charge on any atom is 0.196 e. The SMILES string of the molecule is CN(CC(=O)c1cnccn1)CC1CCNCC1. The molecule has 18 heavy (non-hydrogen) atoms. The number of hydrogen-bond donors (Lipinski definition) is 1. The minimum absolute atomic E-state index is 0.0412. The molecule has 0 bridgehead atoms. The van der Waals surface area contributed by atoms with Gasteiger partial charge in [0.2, 0.25) is 0 Å². The van der Waals surface area contributed by atoms with Gasteiger partial charge in [0.05, 0.1) is 12.7 Å². The van der Waals surface area contributed by atoms with Crippen molar-refractivity contribution in [3.63, 3.8) is 0 Å². The van der Waals surface area contributed by atoms with E-state index in [0.717, 1.165) is 19.6 Å². The molecule has 1 saturated heterocycles. The van der Waals surface area contributed by atoms with Gasteiger partial charge in [-0.25, -0.2) is 4.98 Å². The van der Waals surface area contributed by atoms with E-state index in [1.807, 2.05) is 7.05 Å². The normalized spacial score (nSPS) is 17.0. The van der Waals surface area contributed by atoms with Crippen LogP contribution in [0.25, 0.3) is 0 Å². The van der Waals surface area contributed by atoms with E-state index in [-0.39, 0.29) is 5.78 Å². The Labute approximate surface area is 108 Å². The molecule has 2 heterocycles. The zero-order valence-corrected chi connectivity index (χ0v) is 10.8. The molecule has 0 saturated carbocycles. The van der Waals surface area contributed by atoms with E-state index in [1.54, 1.807) is 12.4 Å². The fourth-order valence-electron chi connectivity index (χ4n) is 2.34. The monoisotopic (exact) mass is 248 g/mol. The molecule has 2 rings (SSSR count). The summed E-state index contributed by atoms with van der Waals surface area (Å²) in [5.41, 5.74) is 0.453. The van der Waals surface area contributed by atoms with Crippen molar-refractivity contribution in [2.45, 2.75) is 12.8 Å². The highest BCUT2D eigenvalue weighted by molar-refractivity contribution is 5.95. The Morgan fingerprint density at radius 2 is 2.22 bits per heavy atom. The highest BCUT2D eigenvalue weighted by Gasteiger charge is 2.17. The first-order valence-corrected chi connectivity index (χ1v) is 6.44. The van der Waals surface area contributed by atoms with Crippen molar-refractivity contribution < 1.29 is 4.79 Å². The minimum atomic E-state index is 0.0412. The first-order valence-electron chi connectivity index (χ1n) is 6.44. The summed E-state index contributed by atoms with van der Waals surface area (Å²) in [6.07, 6.45) is 7.06. The molecule has 1 N–H and O–H groups in total. The third-order valence-corrected chi connectivity index (χ3v) is 3.29. The van der Waals surface area contributed by atoms with Crippen LogP contribution in [0, 0.1) is 5.92 Å². The molecule has 0 spiro atoms. The van der Waals surface area contributed by atoms with Gasteiger partial charge in [0.15, 0.2) is 5.78 Å². The van der Waals surface area contributed by atoms with Crippen molar-refractivity contribution in [3.05, 3.63) is 24.3 Å². The number of carbonyl (C=O) groups is 1. The van der Waals surface area contributed by atoms with Gasteiger partial charge in [-0.1, -0.05) is 0 Å². The predicted octanol–water partition coefficient (Wildman–Crippen LogP) is 0.591. The smallest absolute Gasteiger partial charge is 0.196 e. The Kier molecular flexibility index (Phi) is 4.78. The number of hydrogen-bond acceptors (Lipinski definition) is 5. The van der Waals surface area contributed by atoms with E-state index in [1.165, 1.54) is 19.0 Å². The van der Waals surface area contributed by atoms with Crippen LogP contribution < -0.4 is 5.32 Å². The molecule has 0 unspecified atom stereocenters. The van der Waals surface area contributed by atoms with Gasteiger partial charge in [0.25, 0.3) is 0 Å². The maximum atomic E-state index is 11.9. The second kappa shape index (κ2) is 6.56. The average molecular weight is 248 g/mol. The van der Waals surface area contributed by atoms with Gasteiger partial charge in [-0.3, -0.25) is 14.7 Å². The quantitative estimate of drug-likeness (QED) is 0.773. The molecule has 0 aromatic carbocycles. The zero-order valence-electron chi connectivity index (χ0n) is 10.8. The highest BCUT2D eigenvalue weighted by Crippen LogP contribution is 2.12. The van der Waals surface area contributed by atoms with Crippen LogP contribution in [-0.4, -0.2) is 53.9 Å². The number of nitrogens with one attached hydrogen (secondary N) is 1. The molecular weight excluding hydrogens is 228 g/mol. The summed E-state index contributed by atoms with van der Waals surface area (Å²) < 4.78 is 0. The van der Waals surface area contributed by atoms with Crippen molar-refractivity contribution in [2.75, 3.05) is 33.2 Å². The summed E-state index contributed by atoms with van der Waals surface area (Å²) in [5.74, 6) is 0.741. The van der Waals surface area contributed by atoms with Crippen LogP contribution in [0.1, 0.15) is 23.3 Å². The highest BCUT2D eigenvalue weighted by atomic mass is 16.1. The molecule has 1 aliphatic heterocycles. The fraction of sp³-hybridized carbons (Fsp3) is 0.615. The minimum Gasteiger partial charge on any atom is -0.317 e. The molecule has 0 radical (unpaired) electrons. The summed E-state index contributed by atoms with van der Waals surface area (Å²) in [6.45, 7) is 3.59. The largest absolute Gasteiger partial charge is 0.317 e. The number of ketones is 1. The van der Waals surface area contributed by atoms with Crippen LogP contribution in [0.5, 0.6) is 0 Å². The molecule has 0 aliphatic carbocycles. The van der Waals surface area contributed by atoms with E-state index in [9.17, 15) is 4.79 Å². The Bertz CT molecular complexity index is 376. The van der Waals surface area contributed by atoms with Gasteiger partial charge in [-0.2, -0.15) is 0 Å². The van der Waals surface area contributed by atoms with Crippen LogP contribution in [0.15, 0.2) is 18.6 Å². The molecule has 0 atom stereocenters. The number of nitrogens with zero attached hydrogens (tertiary/aromatic N) is 3. The van der Waals surface area contributed by atoms with Crippen molar-refractivity contribution in [2.24, 2.45) is 5.92 Å². The molecular formula is C13H20N4O. The number of piperidine rings is 1. The zero-order chi connectivity index (χ0) is 12.8. The Balaban J connectivity index is 1.80. The van der Waals surface area contributed by atoms with Crippen molar-refractivity contribution in [1.82, 2.24) is 20.2 Å². The lowest BCUT2D eigenvalue weighted by molar-refractivity contribution is 0.0928. The standard InChI is InChI=1S/C13H20N4O/c1-17(9-11-2-4-14-5-3-11)10-13(18)12-8-15-6-7-16-12/h6-8,11,14H,2-5,9-10H2,1H3. The molecule has 1 aromatic heterocycles. The average Bonchev–Trinajstić information content (AvgIpc) is 2.40. The summed E-state index contributed by atoms with van der Waals surface area (Å²) >= 11 is 0. The summed E-state index contributed by atoms with van der Waals surface area (Å²) in [6, 6.07) is 0. The molecule has 5 nitrogen and oxygen atoms in total. The molecule has 1 aromatic rings. The lowest BCUT2D eigenvalue weighted by atomic mass is 9.97. The number of aromatic nitrogens is 2. The van der Waals surface area contributed by atoms with E-state index in [2.05, 4.69) is 20.2 Å². The maximum absolute atomic E-state index is 11.9. The number of Topliss-reactive ketones (excluding diaryl/α,β-unsaturated/α-hetero) is 1. The lowest BCUT2D eigenvalue weighted by Gasteiger charge is -2.27. The van der Waals surface area contributed by atoms with Crippen LogP contribution in [0.2, 0.25) is 0 Å². The summed E-state index contributed by atoms with van der Waals surface area (Å²) in [4.78, 5) is 22.0. The number of carbonyl (C=O) groups excluding carboxylic acids is 1. The second-order valence-corrected chi connectivity index (χ2v) is 4.90. The Hall–Kier alpha value is -1.33. The van der Waals surface area contributed by atoms with Crippen molar-refractivity contribution in [3.8, 4) is 0 Å². The predicted molar refractivity (Wildman–Crippen MR) is 69.5 cm³/mol. The van der Waals surface area contributed by atoms with Crippen LogP contribution >= 0.6 is 0 Å². The first-order chi connectivity index (χ1) is 8.75. The first kappa shape index (κ1) is 13.1. The Morgan fingerprint density at radius 1 is 1.44 bits per heavy atom.